The maximum absolute atomic E-state index is 13.5. The number of nitrogens with one attached hydrogen (secondary N) is 4. The van der Waals surface area contributed by atoms with E-state index in [2.05, 4.69) is 25.8 Å². The molecule has 4 unspecified atom stereocenters. The van der Waals surface area contributed by atoms with Crippen molar-refractivity contribution >= 4 is 57.1 Å². The average Bonchev–Trinajstić information content (AvgIpc) is 3.52. The number of fused-ring (bicyclic) bond motifs is 3. The number of aromatic nitrogens is 1. The molecular weight excluding hydrogens is 716 g/mol. The molecule has 0 saturated carbocycles. The summed E-state index contributed by atoms with van der Waals surface area (Å²) in [6, 6.07) is 18.4. The molecule has 0 spiro atoms. The minimum atomic E-state index is -2.40. The summed E-state index contributed by atoms with van der Waals surface area (Å²) in [6.07, 6.45) is -7.42. The standard InChI is InChI=1S/C38H48N6O11/c1-2-44-28-14-7-6-12-24(28)25-18-23(15-16-29(25)44)41-36(52)26(13-8-9-17-39)42-31(47)19-40-35(51)27(21-55-38(54)22-10-4-3-5-11-22)43-37(53)34(50)33(49)32(48)30(46)20-45/h3-7,10-12,14-16,18,26-27,30,32-34,45-46,48-50H,2,8-9,13,17,19-21,39H2,1H3,(H,40,51)(H,41,52)(H,42,47)(H,43,53)/t26-,27-,30?,32?,33?,34?/m0/s1. The van der Waals surface area contributed by atoms with Gasteiger partial charge in [0, 0.05) is 34.0 Å². The van der Waals surface area contributed by atoms with E-state index in [1.807, 2.05) is 43.3 Å². The molecule has 4 aromatic rings. The van der Waals surface area contributed by atoms with Gasteiger partial charge in [-0.05, 0) is 69.1 Å². The van der Waals surface area contributed by atoms with Gasteiger partial charge in [-0.2, -0.15) is 0 Å². The number of benzene rings is 3. The van der Waals surface area contributed by atoms with Crippen LogP contribution in [0.25, 0.3) is 21.8 Å². The minimum Gasteiger partial charge on any atom is -0.459 e. The van der Waals surface area contributed by atoms with Crippen molar-refractivity contribution in [1.82, 2.24) is 20.5 Å². The molecule has 0 aliphatic carbocycles. The predicted octanol–water partition coefficient (Wildman–Crippen LogP) is -0.739. The lowest BCUT2D eigenvalue weighted by molar-refractivity contribution is -0.151. The van der Waals surface area contributed by atoms with Gasteiger partial charge >= 0.3 is 5.97 Å². The summed E-state index contributed by atoms with van der Waals surface area (Å²) in [5, 5.41) is 60.8. The molecule has 11 N–H and O–H groups in total. The van der Waals surface area contributed by atoms with Crippen molar-refractivity contribution in [2.45, 2.75) is 69.2 Å². The van der Waals surface area contributed by atoms with Crippen LogP contribution in [-0.2, 0) is 30.5 Å². The number of hydrogen-bond donors (Lipinski definition) is 10. The zero-order valence-electron chi connectivity index (χ0n) is 30.3. The van der Waals surface area contributed by atoms with E-state index < -0.39 is 85.9 Å². The lowest BCUT2D eigenvalue weighted by Gasteiger charge is -2.26. The molecular formula is C38H48N6O11. The fraction of sp³-hybridized carbons (Fsp3) is 0.395. The Morgan fingerprint density at radius 1 is 0.782 bits per heavy atom. The summed E-state index contributed by atoms with van der Waals surface area (Å²) in [7, 11) is 0. The number of hydrogen-bond acceptors (Lipinski definition) is 12. The molecule has 0 fully saturated rings. The zero-order chi connectivity index (χ0) is 40.1. The number of esters is 1. The molecule has 1 aromatic heterocycles. The van der Waals surface area contributed by atoms with Gasteiger partial charge in [-0.1, -0.05) is 36.4 Å². The molecule has 4 amide bonds. The van der Waals surface area contributed by atoms with Gasteiger partial charge in [-0.3, -0.25) is 19.2 Å². The summed E-state index contributed by atoms with van der Waals surface area (Å²) >= 11 is 0. The van der Waals surface area contributed by atoms with Gasteiger partial charge in [0.15, 0.2) is 6.10 Å². The van der Waals surface area contributed by atoms with Crippen molar-refractivity contribution in [3.05, 3.63) is 78.4 Å². The second-order valence-electron chi connectivity index (χ2n) is 12.8. The number of aliphatic hydroxyl groups excluding tert-OH is 5. The number of nitrogens with two attached hydrogens (primary N) is 1. The number of carbonyl (C=O) groups excluding carboxylic acids is 5. The summed E-state index contributed by atoms with van der Waals surface area (Å²) < 4.78 is 7.35. The summed E-state index contributed by atoms with van der Waals surface area (Å²) in [5.74, 6) is -4.61. The largest absolute Gasteiger partial charge is 0.459 e. The van der Waals surface area contributed by atoms with Crippen LogP contribution in [0.2, 0.25) is 0 Å². The number of aliphatic hydroxyl groups is 5. The van der Waals surface area contributed by atoms with Crippen LogP contribution in [0.1, 0.15) is 36.5 Å². The third-order valence-corrected chi connectivity index (χ3v) is 8.92. The van der Waals surface area contributed by atoms with Crippen LogP contribution < -0.4 is 27.0 Å². The van der Waals surface area contributed by atoms with E-state index in [0.717, 1.165) is 28.4 Å². The first-order valence-corrected chi connectivity index (χ1v) is 17.8. The fourth-order valence-electron chi connectivity index (χ4n) is 5.93. The Hall–Kier alpha value is -5.43. The summed E-state index contributed by atoms with van der Waals surface area (Å²) in [5.41, 5.74) is 8.34. The van der Waals surface area contributed by atoms with Crippen LogP contribution >= 0.6 is 0 Å². The van der Waals surface area contributed by atoms with E-state index in [9.17, 15) is 44.4 Å². The van der Waals surface area contributed by atoms with Gasteiger partial charge in [-0.15, -0.1) is 0 Å². The number of ether oxygens (including phenoxy) is 1. The zero-order valence-corrected chi connectivity index (χ0v) is 30.3. The highest BCUT2D eigenvalue weighted by Crippen LogP contribution is 2.31. The monoisotopic (exact) mass is 764 g/mol. The predicted molar refractivity (Wildman–Crippen MR) is 201 cm³/mol. The van der Waals surface area contributed by atoms with Gasteiger partial charge in [0.05, 0.1) is 18.7 Å². The highest BCUT2D eigenvalue weighted by Gasteiger charge is 2.36. The third kappa shape index (κ3) is 11.1. The number of rotatable bonds is 20. The first-order chi connectivity index (χ1) is 26.4. The van der Waals surface area contributed by atoms with Crippen molar-refractivity contribution in [2.75, 3.05) is 31.6 Å². The molecule has 0 radical (unpaired) electrons. The van der Waals surface area contributed by atoms with E-state index in [0.29, 0.717) is 25.1 Å². The average molecular weight is 765 g/mol. The Labute approximate surface area is 316 Å². The molecule has 55 heavy (non-hydrogen) atoms. The van der Waals surface area contributed by atoms with Crippen molar-refractivity contribution in [3.63, 3.8) is 0 Å². The highest BCUT2D eigenvalue weighted by atomic mass is 16.5. The molecule has 6 atom stereocenters. The first kappa shape index (κ1) is 42.3. The number of amides is 4. The molecule has 0 aliphatic rings. The molecule has 296 valence electrons. The Morgan fingerprint density at radius 3 is 2.16 bits per heavy atom. The molecule has 0 saturated heterocycles. The van der Waals surface area contributed by atoms with E-state index >= 15 is 0 Å². The second kappa shape index (κ2) is 20.3. The highest BCUT2D eigenvalue weighted by molar-refractivity contribution is 6.10. The quantitative estimate of drug-likeness (QED) is 0.0394. The number of anilines is 1. The molecule has 0 bridgehead atoms. The number of carbonyl (C=O) groups is 5. The SMILES string of the molecule is CCn1c2ccccc2c2cc(NC(=O)[C@H](CCCCN)NC(=O)CNC(=O)[C@H](COC(=O)c3ccccc3)NC(=O)C(O)C(O)C(O)C(O)CO)ccc21. The number of unbranched alkanes of at least 4 members (excludes halogenated alkanes) is 1. The summed E-state index contributed by atoms with van der Waals surface area (Å²) in [4.78, 5) is 65.3. The molecule has 17 nitrogen and oxygen atoms in total. The Balaban J connectivity index is 1.44. The van der Waals surface area contributed by atoms with E-state index in [-0.39, 0.29) is 12.0 Å². The maximum Gasteiger partial charge on any atom is 0.338 e. The Morgan fingerprint density at radius 2 is 1.47 bits per heavy atom. The molecule has 1 heterocycles. The lowest BCUT2D eigenvalue weighted by atomic mass is 10.0. The molecule has 17 heteroatoms. The number of nitrogens with zero attached hydrogens (tertiary/aromatic N) is 1. The van der Waals surface area contributed by atoms with Crippen molar-refractivity contribution in [2.24, 2.45) is 5.73 Å². The maximum atomic E-state index is 13.5. The van der Waals surface area contributed by atoms with Crippen LogP contribution in [0.5, 0.6) is 0 Å². The van der Waals surface area contributed by atoms with Crippen LogP contribution in [-0.4, -0.2) is 123 Å². The normalized spacial score (nSPS) is 14.6. The van der Waals surface area contributed by atoms with Crippen LogP contribution in [0.15, 0.2) is 72.8 Å². The summed E-state index contributed by atoms with van der Waals surface area (Å²) in [6.45, 7) is 0.693. The minimum absolute atomic E-state index is 0.121. The van der Waals surface area contributed by atoms with Crippen molar-refractivity contribution in [3.8, 4) is 0 Å². The first-order valence-electron chi connectivity index (χ1n) is 17.8. The van der Waals surface area contributed by atoms with Crippen LogP contribution in [0, 0.1) is 0 Å². The van der Waals surface area contributed by atoms with Gasteiger partial charge in [0.2, 0.25) is 17.7 Å². The topological polar surface area (TPSA) is 275 Å². The van der Waals surface area contributed by atoms with E-state index in [1.54, 1.807) is 24.3 Å². The van der Waals surface area contributed by atoms with E-state index in [1.165, 1.54) is 12.1 Å². The number of para-hydroxylation sites is 1. The van der Waals surface area contributed by atoms with E-state index in [4.69, 9.17) is 15.6 Å². The van der Waals surface area contributed by atoms with Gasteiger partial charge in [0.25, 0.3) is 5.91 Å². The Bertz CT molecular complexity index is 1940. The lowest BCUT2D eigenvalue weighted by Crippen LogP contribution is -2.57. The molecule has 0 aliphatic heterocycles. The third-order valence-electron chi connectivity index (χ3n) is 8.92. The number of aryl methyl sites for hydroxylation is 1. The van der Waals surface area contributed by atoms with Crippen molar-refractivity contribution in [1.29, 1.82) is 0 Å². The smallest absolute Gasteiger partial charge is 0.338 e. The van der Waals surface area contributed by atoms with Crippen LogP contribution in [0.4, 0.5) is 5.69 Å². The second-order valence-corrected chi connectivity index (χ2v) is 12.8. The Kier molecular flexibility index (Phi) is 15.6. The van der Waals surface area contributed by atoms with Gasteiger partial charge in [0.1, 0.15) is 37.0 Å². The van der Waals surface area contributed by atoms with Crippen LogP contribution in [0.3, 0.4) is 0 Å². The van der Waals surface area contributed by atoms with Gasteiger partial charge in [-0.25, -0.2) is 4.79 Å². The molecule has 3 aromatic carbocycles. The fourth-order valence-corrected chi connectivity index (χ4v) is 5.93. The van der Waals surface area contributed by atoms with Gasteiger partial charge < -0.3 is 61.8 Å². The molecule has 4 rings (SSSR count). The van der Waals surface area contributed by atoms with Crippen molar-refractivity contribution < 1.29 is 54.2 Å².